The van der Waals surface area contributed by atoms with E-state index in [0.717, 1.165) is 18.0 Å². The molecule has 1 unspecified atom stereocenters. The molecule has 0 aliphatic carbocycles. The second kappa shape index (κ2) is 8.54. The van der Waals surface area contributed by atoms with Gasteiger partial charge in [-0.3, -0.25) is 0 Å². The van der Waals surface area contributed by atoms with E-state index in [1.54, 1.807) is 0 Å². The van der Waals surface area contributed by atoms with Crippen LogP contribution < -0.4 is 5.32 Å². The molecule has 1 rings (SSSR count). The second-order valence-electron chi connectivity index (χ2n) is 4.58. The summed E-state index contributed by atoms with van der Waals surface area (Å²) in [6.45, 7) is 5.61. The number of rotatable bonds is 8. The molecule has 0 bridgehead atoms. The highest BCUT2D eigenvalue weighted by Crippen LogP contribution is 2.14. The third kappa shape index (κ3) is 6.09. The normalized spacial score (nSPS) is 12.6. The maximum atomic E-state index is 5.97. The minimum absolute atomic E-state index is 0.675. The third-order valence-electron chi connectivity index (χ3n) is 3.08. The highest BCUT2D eigenvalue weighted by Gasteiger charge is 2.04. The molecule has 0 saturated heterocycles. The van der Waals surface area contributed by atoms with Crippen LogP contribution in [-0.4, -0.2) is 12.6 Å². The SMILES string of the molecule is CCCNC(CC)CCCc1cccc(Cl)c1. The van der Waals surface area contributed by atoms with Crippen LogP contribution in [0.1, 0.15) is 45.1 Å². The smallest absolute Gasteiger partial charge is 0.0408 e. The highest BCUT2D eigenvalue weighted by atomic mass is 35.5. The quantitative estimate of drug-likeness (QED) is 0.722. The maximum Gasteiger partial charge on any atom is 0.0408 e. The third-order valence-corrected chi connectivity index (χ3v) is 3.32. The fourth-order valence-electron chi connectivity index (χ4n) is 2.04. The highest BCUT2D eigenvalue weighted by molar-refractivity contribution is 6.30. The van der Waals surface area contributed by atoms with Crippen molar-refractivity contribution >= 4 is 11.6 Å². The van der Waals surface area contributed by atoms with Crippen molar-refractivity contribution in [1.82, 2.24) is 5.32 Å². The Hall–Kier alpha value is -0.530. The minimum atomic E-state index is 0.675. The largest absolute Gasteiger partial charge is 0.314 e. The maximum absolute atomic E-state index is 5.97. The van der Waals surface area contributed by atoms with Crippen molar-refractivity contribution in [3.05, 3.63) is 34.9 Å². The van der Waals surface area contributed by atoms with Crippen LogP contribution in [0.25, 0.3) is 0 Å². The summed E-state index contributed by atoms with van der Waals surface area (Å²) < 4.78 is 0. The Bertz CT molecular complexity index is 312. The molecule has 17 heavy (non-hydrogen) atoms. The predicted octanol–water partition coefficient (Wildman–Crippen LogP) is 4.44. The van der Waals surface area contributed by atoms with Crippen LogP contribution in [0.3, 0.4) is 0 Å². The van der Waals surface area contributed by atoms with Gasteiger partial charge >= 0.3 is 0 Å². The van der Waals surface area contributed by atoms with Gasteiger partial charge in [0.2, 0.25) is 0 Å². The van der Waals surface area contributed by atoms with E-state index in [-0.39, 0.29) is 0 Å². The van der Waals surface area contributed by atoms with Crippen molar-refractivity contribution in [2.75, 3.05) is 6.54 Å². The van der Waals surface area contributed by atoms with E-state index < -0.39 is 0 Å². The number of aryl methyl sites for hydroxylation is 1. The fraction of sp³-hybridized carbons (Fsp3) is 0.600. The number of halogens is 1. The van der Waals surface area contributed by atoms with Gasteiger partial charge in [0.25, 0.3) is 0 Å². The van der Waals surface area contributed by atoms with Crippen molar-refractivity contribution in [3.63, 3.8) is 0 Å². The number of hydrogen-bond donors (Lipinski definition) is 1. The molecule has 0 radical (unpaired) electrons. The molecular formula is C15H24ClN. The molecule has 2 heteroatoms. The molecule has 0 aliphatic rings. The average molecular weight is 254 g/mol. The first-order valence-corrected chi connectivity index (χ1v) is 7.11. The van der Waals surface area contributed by atoms with Crippen LogP contribution >= 0.6 is 11.6 Å². The Balaban J connectivity index is 2.26. The zero-order valence-electron chi connectivity index (χ0n) is 11.0. The van der Waals surface area contributed by atoms with E-state index >= 15 is 0 Å². The molecule has 1 N–H and O–H groups in total. The van der Waals surface area contributed by atoms with Crippen molar-refractivity contribution < 1.29 is 0 Å². The summed E-state index contributed by atoms with van der Waals surface area (Å²) in [5, 5.41) is 4.44. The molecular weight excluding hydrogens is 230 g/mol. The lowest BCUT2D eigenvalue weighted by atomic mass is 10.0. The summed E-state index contributed by atoms with van der Waals surface area (Å²) >= 11 is 5.97. The van der Waals surface area contributed by atoms with E-state index in [1.807, 2.05) is 12.1 Å². The van der Waals surface area contributed by atoms with Crippen LogP contribution in [-0.2, 0) is 6.42 Å². The van der Waals surface area contributed by atoms with E-state index in [1.165, 1.54) is 31.2 Å². The summed E-state index contributed by atoms with van der Waals surface area (Å²) in [7, 11) is 0. The average Bonchev–Trinajstić information content (AvgIpc) is 2.33. The Kier molecular flexibility index (Phi) is 7.30. The number of benzene rings is 1. The van der Waals surface area contributed by atoms with Gasteiger partial charge in [-0.15, -0.1) is 0 Å². The zero-order valence-corrected chi connectivity index (χ0v) is 11.8. The van der Waals surface area contributed by atoms with Crippen LogP contribution in [0.5, 0.6) is 0 Å². The topological polar surface area (TPSA) is 12.0 Å². The molecule has 0 heterocycles. The molecule has 0 amide bonds. The number of hydrogen-bond acceptors (Lipinski definition) is 1. The van der Waals surface area contributed by atoms with E-state index in [0.29, 0.717) is 6.04 Å². The van der Waals surface area contributed by atoms with Gasteiger partial charge < -0.3 is 5.32 Å². The molecule has 1 aromatic carbocycles. The molecule has 1 aromatic rings. The van der Waals surface area contributed by atoms with Crippen LogP contribution in [0, 0.1) is 0 Å². The summed E-state index contributed by atoms with van der Waals surface area (Å²) in [6.07, 6.45) is 6.05. The molecule has 0 fully saturated rings. The summed E-state index contributed by atoms with van der Waals surface area (Å²) in [4.78, 5) is 0. The van der Waals surface area contributed by atoms with Crippen molar-refractivity contribution in [2.45, 2.75) is 52.0 Å². The lowest BCUT2D eigenvalue weighted by molar-refractivity contribution is 0.456. The van der Waals surface area contributed by atoms with Gasteiger partial charge in [0, 0.05) is 11.1 Å². The molecule has 0 saturated carbocycles. The molecule has 0 aliphatic heterocycles. The fourth-order valence-corrected chi connectivity index (χ4v) is 2.26. The number of nitrogens with one attached hydrogen (secondary N) is 1. The first-order chi connectivity index (χ1) is 8.26. The molecule has 0 aromatic heterocycles. The van der Waals surface area contributed by atoms with Crippen LogP contribution in [0.15, 0.2) is 24.3 Å². The predicted molar refractivity (Wildman–Crippen MR) is 76.8 cm³/mol. The van der Waals surface area contributed by atoms with E-state index in [9.17, 15) is 0 Å². The molecule has 96 valence electrons. The van der Waals surface area contributed by atoms with Crippen molar-refractivity contribution in [3.8, 4) is 0 Å². The van der Waals surface area contributed by atoms with Crippen LogP contribution in [0.4, 0.5) is 0 Å². The van der Waals surface area contributed by atoms with E-state index in [4.69, 9.17) is 11.6 Å². The zero-order chi connectivity index (χ0) is 12.5. The van der Waals surface area contributed by atoms with E-state index in [2.05, 4.69) is 31.3 Å². The standard InChI is InChI=1S/C15H24ClN/c1-3-11-17-15(4-2)10-6-8-13-7-5-9-14(16)12-13/h5,7,9,12,15,17H,3-4,6,8,10-11H2,1-2H3. The lowest BCUT2D eigenvalue weighted by Gasteiger charge is -2.16. The molecule has 1 atom stereocenters. The monoisotopic (exact) mass is 253 g/mol. The van der Waals surface area contributed by atoms with Gasteiger partial charge in [-0.1, -0.05) is 37.6 Å². The van der Waals surface area contributed by atoms with Gasteiger partial charge in [0.1, 0.15) is 0 Å². The van der Waals surface area contributed by atoms with Gasteiger partial charge in [-0.25, -0.2) is 0 Å². The van der Waals surface area contributed by atoms with Gasteiger partial charge in [0.05, 0.1) is 0 Å². The first-order valence-electron chi connectivity index (χ1n) is 6.74. The van der Waals surface area contributed by atoms with Crippen molar-refractivity contribution in [1.29, 1.82) is 0 Å². The second-order valence-corrected chi connectivity index (χ2v) is 5.02. The minimum Gasteiger partial charge on any atom is -0.314 e. The first kappa shape index (κ1) is 14.5. The van der Waals surface area contributed by atoms with Gasteiger partial charge in [0.15, 0.2) is 0 Å². The lowest BCUT2D eigenvalue weighted by Crippen LogP contribution is -2.29. The Labute approximate surface area is 111 Å². The molecule has 0 spiro atoms. The summed E-state index contributed by atoms with van der Waals surface area (Å²) in [5.41, 5.74) is 1.35. The summed E-state index contributed by atoms with van der Waals surface area (Å²) in [6, 6.07) is 8.87. The van der Waals surface area contributed by atoms with Crippen LogP contribution in [0.2, 0.25) is 5.02 Å². The van der Waals surface area contributed by atoms with Crippen molar-refractivity contribution in [2.24, 2.45) is 0 Å². The van der Waals surface area contributed by atoms with Gasteiger partial charge in [-0.2, -0.15) is 0 Å². The Morgan fingerprint density at radius 1 is 1.29 bits per heavy atom. The Morgan fingerprint density at radius 3 is 2.76 bits per heavy atom. The molecule has 1 nitrogen and oxygen atoms in total. The summed E-state index contributed by atoms with van der Waals surface area (Å²) in [5.74, 6) is 0. The van der Waals surface area contributed by atoms with Gasteiger partial charge in [-0.05, 0) is 56.3 Å². The Morgan fingerprint density at radius 2 is 2.12 bits per heavy atom.